The number of rotatable bonds is 6. The van der Waals surface area contributed by atoms with Crippen molar-refractivity contribution in [1.82, 2.24) is 9.21 Å². The lowest BCUT2D eigenvalue weighted by Crippen LogP contribution is -2.51. The number of benzene rings is 2. The molecule has 1 aliphatic heterocycles. The predicted molar refractivity (Wildman–Crippen MR) is 108 cm³/mol. The predicted octanol–water partition coefficient (Wildman–Crippen LogP) is 1.99. The van der Waals surface area contributed by atoms with Gasteiger partial charge in [0.25, 0.3) is 5.69 Å². The van der Waals surface area contributed by atoms with Gasteiger partial charge in [-0.3, -0.25) is 14.9 Å². The quantitative estimate of drug-likeness (QED) is 0.547. The molecule has 1 N–H and O–H groups in total. The van der Waals surface area contributed by atoms with Crippen molar-refractivity contribution in [2.45, 2.75) is 11.8 Å². The molecule has 0 unspecified atom stereocenters. The maximum absolute atomic E-state index is 13.4. The maximum atomic E-state index is 13.4. The minimum Gasteiger partial charge on any atom is -0.376 e. The fraction of sp³-hybridized carbons (Fsp3) is 0.316. The first kappa shape index (κ1) is 21.7. The smallest absolute Gasteiger partial charge is 0.271 e. The minimum atomic E-state index is -3.83. The fourth-order valence-electron chi connectivity index (χ4n) is 3.15. The van der Waals surface area contributed by atoms with E-state index in [-0.39, 0.29) is 49.2 Å². The van der Waals surface area contributed by atoms with E-state index in [1.54, 1.807) is 13.0 Å². The number of halogens is 1. The lowest BCUT2D eigenvalue weighted by molar-refractivity contribution is -0.384. The molecule has 1 aliphatic rings. The van der Waals surface area contributed by atoms with Gasteiger partial charge in [0.1, 0.15) is 5.82 Å². The van der Waals surface area contributed by atoms with E-state index in [9.17, 15) is 27.7 Å². The van der Waals surface area contributed by atoms with Gasteiger partial charge in [0.05, 0.1) is 16.4 Å². The van der Waals surface area contributed by atoms with Crippen LogP contribution in [0.3, 0.4) is 0 Å². The van der Waals surface area contributed by atoms with Crippen LogP contribution < -0.4 is 5.32 Å². The SMILES string of the molecule is Cc1ccc([N+](=O)[O-])cc1NCC(=O)N1CCN(S(=O)(=O)c2cccc(F)c2)CC1. The Labute approximate surface area is 173 Å². The third-order valence-electron chi connectivity index (χ3n) is 4.89. The number of hydrogen-bond acceptors (Lipinski definition) is 6. The van der Waals surface area contributed by atoms with Crippen molar-refractivity contribution in [3.8, 4) is 0 Å². The van der Waals surface area contributed by atoms with Gasteiger partial charge in [-0.1, -0.05) is 12.1 Å². The number of nitrogens with zero attached hydrogens (tertiary/aromatic N) is 3. The molecule has 0 aliphatic carbocycles. The van der Waals surface area contributed by atoms with E-state index in [1.165, 1.54) is 39.5 Å². The van der Waals surface area contributed by atoms with Crippen LogP contribution in [-0.2, 0) is 14.8 Å². The molecule has 0 saturated carbocycles. The summed E-state index contributed by atoms with van der Waals surface area (Å²) in [6.45, 7) is 2.29. The molecule has 0 atom stereocenters. The van der Waals surface area contributed by atoms with Crippen LogP contribution in [0.15, 0.2) is 47.4 Å². The van der Waals surface area contributed by atoms with Crippen LogP contribution in [0.2, 0.25) is 0 Å². The van der Waals surface area contributed by atoms with E-state index in [1.807, 2.05) is 0 Å². The number of nitro groups is 1. The number of carbonyl (C=O) groups is 1. The molecule has 11 heteroatoms. The maximum Gasteiger partial charge on any atom is 0.271 e. The van der Waals surface area contributed by atoms with Gasteiger partial charge >= 0.3 is 0 Å². The van der Waals surface area contributed by atoms with Crippen LogP contribution in [-0.4, -0.2) is 61.2 Å². The van der Waals surface area contributed by atoms with Crippen LogP contribution in [0, 0.1) is 22.9 Å². The lowest BCUT2D eigenvalue weighted by Gasteiger charge is -2.34. The summed E-state index contributed by atoms with van der Waals surface area (Å²) in [5.74, 6) is -0.879. The molecule has 1 saturated heterocycles. The average Bonchev–Trinajstić information content (AvgIpc) is 2.72. The summed E-state index contributed by atoms with van der Waals surface area (Å²) in [7, 11) is -3.83. The summed E-state index contributed by atoms with van der Waals surface area (Å²) >= 11 is 0. The highest BCUT2D eigenvalue weighted by Crippen LogP contribution is 2.22. The first-order chi connectivity index (χ1) is 14.2. The van der Waals surface area contributed by atoms with Crippen molar-refractivity contribution in [2.24, 2.45) is 0 Å². The third-order valence-corrected chi connectivity index (χ3v) is 6.78. The zero-order valence-electron chi connectivity index (χ0n) is 16.2. The van der Waals surface area contributed by atoms with Crippen LogP contribution in [0.1, 0.15) is 5.56 Å². The highest BCUT2D eigenvalue weighted by atomic mass is 32.2. The summed E-state index contributed by atoms with van der Waals surface area (Å²) < 4.78 is 39.9. The first-order valence-electron chi connectivity index (χ1n) is 9.21. The number of sulfonamides is 1. The van der Waals surface area contributed by atoms with Gasteiger partial charge < -0.3 is 10.2 Å². The summed E-state index contributed by atoms with van der Waals surface area (Å²) in [6, 6.07) is 9.17. The van der Waals surface area contributed by atoms with Gasteiger partial charge in [0.15, 0.2) is 0 Å². The van der Waals surface area contributed by atoms with Crippen LogP contribution in [0.4, 0.5) is 15.8 Å². The molecule has 1 fully saturated rings. The van der Waals surface area contributed by atoms with Gasteiger partial charge in [-0.2, -0.15) is 4.31 Å². The topological polar surface area (TPSA) is 113 Å². The van der Waals surface area contributed by atoms with Crippen molar-refractivity contribution in [3.63, 3.8) is 0 Å². The Balaban J connectivity index is 1.58. The normalized spacial score (nSPS) is 15.1. The minimum absolute atomic E-state index is 0.0708. The Morgan fingerprint density at radius 3 is 2.50 bits per heavy atom. The van der Waals surface area contributed by atoms with Gasteiger partial charge in [0, 0.05) is 44.0 Å². The third kappa shape index (κ3) is 4.74. The summed E-state index contributed by atoms with van der Waals surface area (Å²) in [4.78, 5) is 24.3. The van der Waals surface area contributed by atoms with Gasteiger partial charge in [0.2, 0.25) is 15.9 Å². The summed E-state index contributed by atoms with van der Waals surface area (Å²) in [5.41, 5.74) is 1.18. The lowest BCUT2D eigenvalue weighted by atomic mass is 10.2. The first-order valence-corrected chi connectivity index (χ1v) is 10.6. The van der Waals surface area contributed by atoms with Crippen LogP contribution in [0.25, 0.3) is 0 Å². The molecule has 30 heavy (non-hydrogen) atoms. The summed E-state index contributed by atoms with van der Waals surface area (Å²) in [5, 5.41) is 13.8. The van der Waals surface area contributed by atoms with Crippen LogP contribution >= 0.6 is 0 Å². The molecule has 160 valence electrons. The molecule has 9 nitrogen and oxygen atoms in total. The second-order valence-corrected chi connectivity index (χ2v) is 8.79. The van der Waals surface area contributed by atoms with Crippen molar-refractivity contribution in [2.75, 3.05) is 38.0 Å². The molecule has 3 rings (SSSR count). The highest BCUT2D eigenvalue weighted by Gasteiger charge is 2.30. The molecular weight excluding hydrogens is 415 g/mol. The molecule has 2 aromatic rings. The van der Waals surface area contributed by atoms with Crippen molar-refractivity contribution in [3.05, 3.63) is 64.0 Å². The van der Waals surface area contributed by atoms with Gasteiger partial charge in [-0.15, -0.1) is 0 Å². The van der Waals surface area contributed by atoms with Gasteiger partial charge in [-0.05, 0) is 30.7 Å². The molecule has 0 radical (unpaired) electrons. The van der Waals surface area contributed by atoms with E-state index in [0.717, 1.165) is 11.6 Å². The average molecular weight is 436 g/mol. The second-order valence-electron chi connectivity index (χ2n) is 6.85. The number of aryl methyl sites for hydroxylation is 1. The Morgan fingerprint density at radius 2 is 1.87 bits per heavy atom. The number of non-ortho nitro benzene ring substituents is 1. The number of carbonyl (C=O) groups excluding carboxylic acids is 1. The Morgan fingerprint density at radius 1 is 1.17 bits per heavy atom. The Bertz CT molecular complexity index is 1070. The number of anilines is 1. The fourth-order valence-corrected chi connectivity index (χ4v) is 4.61. The van der Waals surface area contributed by atoms with E-state index in [0.29, 0.717) is 5.69 Å². The van der Waals surface area contributed by atoms with E-state index in [4.69, 9.17) is 0 Å². The van der Waals surface area contributed by atoms with Crippen molar-refractivity contribution >= 4 is 27.3 Å². The van der Waals surface area contributed by atoms with Crippen molar-refractivity contribution in [1.29, 1.82) is 0 Å². The van der Waals surface area contributed by atoms with Crippen molar-refractivity contribution < 1.29 is 22.5 Å². The van der Waals surface area contributed by atoms with E-state index >= 15 is 0 Å². The van der Waals surface area contributed by atoms with Gasteiger partial charge in [-0.25, -0.2) is 12.8 Å². The largest absolute Gasteiger partial charge is 0.376 e. The monoisotopic (exact) mass is 436 g/mol. The molecule has 1 heterocycles. The zero-order valence-corrected chi connectivity index (χ0v) is 17.1. The molecular formula is C19H21FN4O5S. The number of nitrogens with one attached hydrogen (secondary N) is 1. The Kier molecular flexibility index (Phi) is 6.32. The number of amides is 1. The summed E-state index contributed by atoms with van der Waals surface area (Å²) in [6.07, 6.45) is 0. The van der Waals surface area contributed by atoms with Crippen LogP contribution in [0.5, 0.6) is 0 Å². The number of hydrogen-bond donors (Lipinski definition) is 1. The standard InChI is InChI=1S/C19H21FN4O5S/c1-14-5-6-16(24(26)27)12-18(14)21-13-19(25)22-7-9-23(10-8-22)30(28,29)17-4-2-3-15(20)11-17/h2-6,11-12,21H,7-10,13H2,1H3. The highest BCUT2D eigenvalue weighted by molar-refractivity contribution is 7.89. The number of nitro benzene ring substituents is 1. The zero-order chi connectivity index (χ0) is 21.9. The van der Waals surface area contributed by atoms with E-state index in [2.05, 4.69) is 5.32 Å². The molecule has 1 amide bonds. The second kappa shape index (κ2) is 8.76. The molecule has 0 spiro atoms. The Hall–Kier alpha value is -3.05. The van der Waals surface area contributed by atoms with E-state index < -0.39 is 20.8 Å². The number of piperazine rings is 1. The molecule has 0 aromatic heterocycles. The molecule has 2 aromatic carbocycles. The molecule has 0 bridgehead atoms.